The minimum absolute atomic E-state index is 0.0243. The molecule has 4 rings (SSSR count). The average Bonchev–Trinajstić information content (AvgIpc) is 3.17. The number of rotatable bonds is 4. The van der Waals surface area contributed by atoms with Gasteiger partial charge in [0.2, 0.25) is 5.91 Å². The summed E-state index contributed by atoms with van der Waals surface area (Å²) < 4.78 is 0. The molecular formula is C20H21N3O2S. The summed E-state index contributed by atoms with van der Waals surface area (Å²) >= 11 is 1.44. The zero-order chi connectivity index (χ0) is 17.9. The maximum absolute atomic E-state index is 12.4. The van der Waals surface area contributed by atoms with Crippen LogP contribution < -0.4 is 5.32 Å². The number of aromatic nitrogens is 1. The quantitative estimate of drug-likeness (QED) is 0.735. The molecule has 0 aliphatic carbocycles. The number of hydrogen-bond acceptors (Lipinski definition) is 5. The fraction of sp³-hybridized carbons (Fsp3) is 0.300. The second-order valence-corrected chi connectivity index (χ2v) is 7.56. The number of aromatic hydroxyl groups is 1. The molecule has 0 saturated carbocycles. The Labute approximate surface area is 156 Å². The van der Waals surface area contributed by atoms with Crippen molar-refractivity contribution in [1.82, 2.24) is 9.88 Å². The molecule has 134 valence electrons. The van der Waals surface area contributed by atoms with E-state index in [0.29, 0.717) is 17.4 Å². The van der Waals surface area contributed by atoms with Crippen molar-refractivity contribution in [1.29, 1.82) is 0 Å². The highest BCUT2D eigenvalue weighted by Crippen LogP contribution is 2.30. The third-order valence-electron chi connectivity index (χ3n) is 5.02. The van der Waals surface area contributed by atoms with Crippen molar-refractivity contribution in [2.75, 3.05) is 18.4 Å². The van der Waals surface area contributed by atoms with E-state index in [0.717, 1.165) is 42.3 Å². The van der Waals surface area contributed by atoms with Crippen LogP contribution in [-0.4, -0.2) is 34.0 Å². The summed E-state index contributed by atoms with van der Waals surface area (Å²) in [6.07, 6.45) is 3.34. The van der Waals surface area contributed by atoms with Gasteiger partial charge >= 0.3 is 0 Å². The number of benzene rings is 2. The van der Waals surface area contributed by atoms with Crippen molar-refractivity contribution in [3.05, 3.63) is 53.5 Å². The minimum atomic E-state index is 0.0243. The van der Waals surface area contributed by atoms with Gasteiger partial charge in [-0.05, 0) is 42.8 Å². The predicted octanol–water partition coefficient (Wildman–Crippen LogP) is 3.85. The smallest absolute Gasteiger partial charge is 0.229 e. The number of likely N-dealkylation sites (tertiary alicyclic amines) is 1. The van der Waals surface area contributed by atoms with Crippen molar-refractivity contribution < 1.29 is 9.90 Å². The summed E-state index contributed by atoms with van der Waals surface area (Å²) in [6, 6.07) is 11.8. The Kier molecular flexibility index (Phi) is 4.86. The third-order valence-corrected chi connectivity index (χ3v) is 5.71. The number of fused-ring (bicyclic) bond motifs is 1. The fourth-order valence-electron chi connectivity index (χ4n) is 3.56. The van der Waals surface area contributed by atoms with E-state index >= 15 is 0 Å². The lowest BCUT2D eigenvalue weighted by molar-refractivity contribution is -0.121. The molecule has 3 aromatic rings. The van der Waals surface area contributed by atoms with E-state index in [4.69, 9.17) is 0 Å². The lowest BCUT2D eigenvalue weighted by Crippen LogP contribution is -2.37. The summed E-state index contributed by atoms with van der Waals surface area (Å²) in [6.45, 7) is 2.39. The zero-order valence-corrected chi connectivity index (χ0v) is 15.2. The molecule has 2 aromatic carbocycles. The standard InChI is InChI=1S/C20H21N3O2S/c24-18-6-5-14-3-1-2-4-16(14)17(18)13-23-10-7-15(8-11-23)19(25)22-20-21-9-12-26-20/h1-6,9,12,15,24H,7-8,10-11,13H2,(H,21,22,25). The maximum Gasteiger partial charge on any atom is 0.229 e. The van der Waals surface area contributed by atoms with Gasteiger partial charge in [0.25, 0.3) is 0 Å². The Morgan fingerprint density at radius 1 is 1.23 bits per heavy atom. The van der Waals surface area contributed by atoms with E-state index in [-0.39, 0.29) is 11.8 Å². The second-order valence-electron chi connectivity index (χ2n) is 6.66. The number of carbonyl (C=O) groups is 1. The first-order valence-electron chi connectivity index (χ1n) is 8.83. The Hall–Kier alpha value is -2.44. The molecule has 0 spiro atoms. The van der Waals surface area contributed by atoms with Gasteiger partial charge in [-0.3, -0.25) is 9.69 Å². The second kappa shape index (κ2) is 7.43. The first kappa shape index (κ1) is 17.0. The van der Waals surface area contributed by atoms with Crippen LogP contribution in [-0.2, 0) is 11.3 Å². The van der Waals surface area contributed by atoms with Crippen LogP contribution in [0.3, 0.4) is 0 Å². The molecule has 2 N–H and O–H groups in total. The van der Waals surface area contributed by atoms with Gasteiger partial charge in [-0.1, -0.05) is 30.3 Å². The van der Waals surface area contributed by atoms with Crippen LogP contribution in [0.2, 0.25) is 0 Å². The molecule has 0 radical (unpaired) electrons. The Morgan fingerprint density at radius 3 is 2.81 bits per heavy atom. The summed E-state index contributed by atoms with van der Waals surface area (Å²) in [4.78, 5) is 18.8. The highest BCUT2D eigenvalue weighted by molar-refractivity contribution is 7.13. The minimum Gasteiger partial charge on any atom is -0.508 e. The van der Waals surface area contributed by atoms with Gasteiger partial charge in [-0.25, -0.2) is 4.98 Å². The molecule has 2 heterocycles. The third kappa shape index (κ3) is 3.57. The maximum atomic E-state index is 12.4. The number of nitrogens with one attached hydrogen (secondary N) is 1. The average molecular weight is 367 g/mol. The van der Waals surface area contributed by atoms with E-state index in [1.165, 1.54) is 11.3 Å². The normalized spacial score (nSPS) is 16.0. The largest absolute Gasteiger partial charge is 0.508 e. The molecule has 5 nitrogen and oxygen atoms in total. The molecule has 1 saturated heterocycles. The van der Waals surface area contributed by atoms with E-state index in [2.05, 4.69) is 27.3 Å². The van der Waals surface area contributed by atoms with E-state index in [1.807, 2.05) is 23.6 Å². The molecule has 1 aliphatic heterocycles. The van der Waals surface area contributed by atoms with Gasteiger partial charge in [-0.2, -0.15) is 0 Å². The van der Waals surface area contributed by atoms with Gasteiger partial charge in [-0.15, -0.1) is 11.3 Å². The molecule has 1 fully saturated rings. The van der Waals surface area contributed by atoms with E-state index in [9.17, 15) is 9.90 Å². The van der Waals surface area contributed by atoms with E-state index in [1.54, 1.807) is 12.3 Å². The highest BCUT2D eigenvalue weighted by atomic mass is 32.1. The topological polar surface area (TPSA) is 65.5 Å². The van der Waals surface area contributed by atoms with Crippen molar-refractivity contribution in [3.63, 3.8) is 0 Å². The number of anilines is 1. The van der Waals surface area contributed by atoms with Crippen LogP contribution in [0.4, 0.5) is 5.13 Å². The molecule has 0 bridgehead atoms. The van der Waals surface area contributed by atoms with Crippen LogP contribution in [0.5, 0.6) is 5.75 Å². The Bertz CT molecular complexity index is 903. The van der Waals surface area contributed by atoms with Gasteiger partial charge in [0.15, 0.2) is 5.13 Å². The lowest BCUT2D eigenvalue weighted by Gasteiger charge is -2.31. The SMILES string of the molecule is O=C(Nc1nccs1)C1CCN(Cc2c(O)ccc3ccccc23)CC1. The molecule has 26 heavy (non-hydrogen) atoms. The highest BCUT2D eigenvalue weighted by Gasteiger charge is 2.26. The number of hydrogen-bond donors (Lipinski definition) is 2. The molecule has 6 heteroatoms. The lowest BCUT2D eigenvalue weighted by atomic mass is 9.95. The molecular weight excluding hydrogens is 346 g/mol. The number of amides is 1. The fourth-order valence-corrected chi connectivity index (χ4v) is 4.09. The van der Waals surface area contributed by atoms with Crippen LogP contribution >= 0.6 is 11.3 Å². The molecule has 0 unspecified atom stereocenters. The number of thiazole rings is 1. The predicted molar refractivity (Wildman–Crippen MR) is 104 cm³/mol. The number of piperidine rings is 1. The van der Waals surface area contributed by atoms with Crippen LogP contribution in [0, 0.1) is 5.92 Å². The number of carbonyl (C=O) groups excluding carboxylic acids is 1. The van der Waals surface area contributed by atoms with Gasteiger partial charge in [0.1, 0.15) is 5.75 Å². The molecule has 1 aromatic heterocycles. The molecule has 0 atom stereocenters. The summed E-state index contributed by atoms with van der Waals surface area (Å²) in [5, 5.41) is 18.0. The van der Waals surface area contributed by atoms with Crippen LogP contribution in [0.25, 0.3) is 10.8 Å². The van der Waals surface area contributed by atoms with Crippen LogP contribution in [0.1, 0.15) is 18.4 Å². The molecule has 1 aliphatic rings. The van der Waals surface area contributed by atoms with Crippen molar-refractivity contribution >= 4 is 33.1 Å². The van der Waals surface area contributed by atoms with Gasteiger partial charge in [0, 0.05) is 29.6 Å². The van der Waals surface area contributed by atoms with Crippen LogP contribution in [0.15, 0.2) is 48.0 Å². The van der Waals surface area contributed by atoms with Gasteiger partial charge in [0.05, 0.1) is 0 Å². The summed E-state index contributed by atoms with van der Waals surface area (Å²) in [5.41, 5.74) is 0.966. The van der Waals surface area contributed by atoms with Gasteiger partial charge < -0.3 is 10.4 Å². The number of phenols is 1. The number of nitrogens with zero attached hydrogens (tertiary/aromatic N) is 2. The first-order valence-corrected chi connectivity index (χ1v) is 9.71. The Balaban J connectivity index is 1.40. The van der Waals surface area contributed by atoms with Crippen molar-refractivity contribution in [2.45, 2.75) is 19.4 Å². The van der Waals surface area contributed by atoms with Crippen molar-refractivity contribution in [3.8, 4) is 5.75 Å². The Morgan fingerprint density at radius 2 is 2.04 bits per heavy atom. The monoisotopic (exact) mass is 367 g/mol. The first-order chi connectivity index (χ1) is 12.7. The van der Waals surface area contributed by atoms with E-state index < -0.39 is 0 Å². The van der Waals surface area contributed by atoms with Crippen molar-refractivity contribution in [2.24, 2.45) is 5.92 Å². The zero-order valence-electron chi connectivity index (χ0n) is 14.4. The summed E-state index contributed by atoms with van der Waals surface area (Å²) in [5.74, 6) is 0.427. The molecule has 1 amide bonds. The number of phenolic OH excluding ortho intramolecular Hbond substituents is 1. The summed E-state index contributed by atoms with van der Waals surface area (Å²) in [7, 11) is 0.